The molecular weight excluding hydrogens is 283 g/mol. The zero-order chi connectivity index (χ0) is 15.0. The van der Waals surface area contributed by atoms with Crippen molar-refractivity contribution < 1.29 is 17.9 Å². The molecule has 1 aliphatic rings. The lowest BCUT2D eigenvalue weighted by atomic mass is 9.98. The topological polar surface area (TPSA) is 83.6 Å². The van der Waals surface area contributed by atoms with E-state index >= 15 is 0 Å². The van der Waals surface area contributed by atoms with E-state index in [-0.39, 0.29) is 17.1 Å². The van der Waals surface area contributed by atoms with E-state index in [2.05, 4.69) is 0 Å². The second-order valence-corrected chi connectivity index (χ2v) is 7.38. The summed E-state index contributed by atoms with van der Waals surface area (Å²) in [5.74, 6) is -0.636. The number of nitrogens with two attached hydrogens (primary N) is 1. The Balaban J connectivity index is 2.28. The number of benzene rings is 1. The van der Waals surface area contributed by atoms with Crippen molar-refractivity contribution in [2.45, 2.75) is 36.7 Å². The highest BCUT2D eigenvalue weighted by molar-refractivity contribution is 7.89. The minimum Gasteiger partial charge on any atom is -0.396 e. The lowest BCUT2D eigenvalue weighted by molar-refractivity contribution is 0.0465. The Bertz CT molecular complexity index is 602. The monoisotopic (exact) mass is 302 g/mol. The molecule has 0 spiro atoms. The third-order valence-electron chi connectivity index (χ3n) is 3.63. The molecule has 3 N–H and O–H groups in total. The van der Waals surface area contributed by atoms with Crippen LogP contribution in [0.15, 0.2) is 23.1 Å². The minimum absolute atomic E-state index is 0.0158. The minimum atomic E-state index is -3.70. The van der Waals surface area contributed by atoms with Gasteiger partial charge in [-0.05, 0) is 44.4 Å². The maximum atomic E-state index is 13.1. The molecule has 2 rings (SSSR count). The van der Waals surface area contributed by atoms with Crippen molar-refractivity contribution in [1.82, 2.24) is 4.31 Å². The Morgan fingerprint density at radius 2 is 2.05 bits per heavy atom. The van der Waals surface area contributed by atoms with Crippen molar-refractivity contribution in [3.8, 4) is 0 Å². The summed E-state index contributed by atoms with van der Waals surface area (Å²) in [6.45, 7) is 2.29. The Morgan fingerprint density at radius 1 is 1.35 bits per heavy atom. The molecule has 1 aromatic carbocycles. The maximum Gasteiger partial charge on any atom is 0.243 e. The standard InChI is InChI=1S/C13H19FN2O3S/c1-13(17)5-2-7-16(8-6-13)20(18,19)10-3-4-11(14)12(15)9-10/h3-4,9,17H,2,5-8,15H2,1H3. The van der Waals surface area contributed by atoms with Crippen molar-refractivity contribution in [3.05, 3.63) is 24.0 Å². The first-order chi connectivity index (χ1) is 9.22. The van der Waals surface area contributed by atoms with Gasteiger partial charge in [0, 0.05) is 13.1 Å². The van der Waals surface area contributed by atoms with E-state index in [0.717, 1.165) is 12.1 Å². The SMILES string of the molecule is CC1(O)CCCN(S(=O)(=O)c2ccc(F)c(N)c2)CC1. The van der Waals surface area contributed by atoms with Gasteiger partial charge < -0.3 is 10.8 Å². The summed E-state index contributed by atoms with van der Waals surface area (Å²) >= 11 is 0. The van der Waals surface area contributed by atoms with E-state index in [0.29, 0.717) is 25.8 Å². The fraction of sp³-hybridized carbons (Fsp3) is 0.538. The third kappa shape index (κ3) is 3.11. The van der Waals surface area contributed by atoms with Gasteiger partial charge in [0.1, 0.15) is 5.82 Å². The van der Waals surface area contributed by atoms with Gasteiger partial charge >= 0.3 is 0 Å². The molecule has 0 bridgehead atoms. The molecule has 1 atom stereocenters. The van der Waals surface area contributed by atoms with Crippen molar-refractivity contribution in [2.75, 3.05) is 18.8 Å². The van der Waals surface area contributed by atoms with Crippen LogP contribution in [0.5, 0.6) is 0 Å². The summed E-state index contributed by atoms with van der Waals surface area (Å²) in [5, 5.41) is 10.00. The van der Waals surface area contributed by atoms with Gasteiger partial charge in [-0.2, -0.15) is 4.31 Å². The summed E-state index contributed by atoms with van der Waals surface area (Å²) in [5.41, 5.74) is 4.39. The van der Waals surface area contributed by atoms with E-state index < -0.39 is 21.4 Å². The van der Waals surface area contributed by atoms with Crippen LogP contribution in [0, 0.1) is 5.82 Å². The highest BCUT2D eigenvalue weighted by Crippen LogP contribution is 2.26. The average molecular weight is 302 g/mol. The Labute approximate surface area is 118 Å². The second-order valence-electron chi connectivity index (χ2n) is 5.44. The lowest BCUT2D eigenvalue weighted by Gasteiger charge is -2.22. The number of nitrogen functional groups attached to an aromatic ring is 1. The van der Waals surface area contributed by atoms with E-state index in [4.69, 9.17) is 5.73 Å². The van der Waals surface area contributed by atoms with Crippen LogP contribution in [0.25, 0.3) is 0 Å². The van der Waals surface area contributed by atoms with Crippen LogP contribution in [-0.2, 0) is 10.0 Å². The van der Waals surface area contributed by atoms with Crippen LogP contribution in [0.2, 0.25) is 0 Å². The maximum absolute atomic E-state index is 13.1. The molecule has 1 saturated heterocycles. The van der Waals surface area contributed by atoms with Crippen molar-refractivity contribution in [3.63, 3.8) is 0 Å². The van der Waals surface area contributed by atoms with Gasteiger partial charge in [-0.25, -0.2) is 12.8 Å². The number of halogens is 1. The molecule has 20 heavy (non-hydrogen) atoms. The summed E-state index contributed by atoms with van der Waals surface area (Å²) in [7, 11) is -3.70. The zero-order valence-electron chi connectivity index (χ0n) is 11.3. The molecule has 1 aromatic rings. The van der Waals surface area contributed by atoms with Gasteiger partial charge in [0.2, 0.25) is 10.0 Å². The van der Waals surface area contributed by atoms with E-state index in [1.165, 1.54) is 10.4 Å². The molecule has 0 aromatic heterocycles. The molecule has 7 heteroatoms. The quantitative estimate of drug-likeness (QED) is 0.807. The Morgan fingerprint density at radius 3 is 2.70 bits per heavy atom. The largest absolute Gasteiger partial charge is 0.396 e. The van der Waals surface area contributed by atoms with Crippen LogP contribution in [0.1, 0.15) is 26.2 Å². The van der Waals surface area contributed by atoms with Crippen LogP contribution >= 0.6 is 0 Å². The van der Waals surface area contributed by atoms with E-state index in [1.807, 2.05) is 0 Å². The van der Waals surface area contributed by atoms with Crippen molar-refractivity contribution in [2.24, 2.45) is 0 Å². The number of hydrogen-bond donors (Lipinski definition) is 2. The second kappa shape index (κ2) is 5.31. The predicted octanol–water partition coefficient (Wildman–Crippen LogP) is 1.33. The van der Waals surface area contributed by atoms with Crippen molar-refractivity contribution in [1.29, 1.82) is 0 Å². The number of sulfonamides is 1. The number of nitrogens with zero attached hydrogens (tertiary/aromatic N) is 1. The molecule has 0 saturated carbocycles. The molecule has 1 unspecified atom stereocenters. The summed E-state index contributed by atoms with van der Waals surface area (Å²) < 4.78 is 39.4. The number of anilines is 1. The molecule has 1 heterocycles. The summed E-state index contributed by atoms with van der Waals surface area (Å²) in [6, 6.07) is 3.40. The Hall–Kier alpha value is -1.18. The van der Waals surface area contributed by atoms with Gasteiger partial charge in [-0.15, -0.1) is 0 Å². The molecule has 112 valence electrons. The lowest BCUT2D eigenvalue weighted by Crippen LogP contribution is -2.33. The molecule has 0 radical (unpaired) electrons. The number of hydrogen-bond acceptors (Lipinski definition) is 4. The highest BCUT2D eigenvalue weighted by atomic mass is 32.2. The van der Waals surface area contributed by atoms with Crippen LogP contribution in [-0.4, -0.2) is 36.5 Å². The molecule has 0 aliphatic carbocycles. The highest BCUT2D eigenvalue weighted by Gasteiger charge is 2.31. The van der Waals surface area contributed by atoms with E-state index in [9.17, 15) is 17.9 Å². The van der Waals surface area contributed by atoms with Crippen molar-refractivity contribution >= 4 is 15.7 Å². The van der Waals surface area contributed by atoms with Gasteiger partial charge in [-0.1, -0.05) is 0 Å². The van der Waals surface area contributed by atoms with Gasteiger partial charge in [-0.3, -0.25) is 0 Å². The summed E-state index contributed by atoms with van der Waals surface area (Å²) in [4.78, 5) is -0.0158. The van der Waals surface area contributed by atoms with Gasteiger partial charge in [0.15, 0.2) is 0 Å². The molecule has 1 aliphatic heterocycles. The normalized spacial score (nSPS) is 25.4. The van der Waals surface area contributed by atoms with Crippen LogP contribution in [0.3, 0.4) is 0 Å². The molecule has 5 nitrogen and oxygen atoms in total. The summed E-state index contributed by atoms with van der Waals surface area (Å²) in [6.07, 6.45) is 1.52. The molecule has 1 fully saturated rings. The third-order valence-corrected chi connectivity index (χ3v) is 5.52. The number of aliphatic hydroxyl groups is 1. The molecule has 0 amide bonds. The molecular formula is C13H19FN2O3S. The van der Waals surface area contributed by atoms with Gasteiger partial charge in [0.05, 0.1) is 16.2 Å². The smallest absolute Gasteiger partial charge is 0.243 e. The van der Waals surface area contributed by atoms with Gasteiger partial charge in [0.25, 0.3) is 0 Å². The predicted molar refractivity (Wildman–Crippen MR) is 74.0 cm³/mol. The van der Waals surface area contributed by atoms with Crippen LogP contribution in [0.4, 0.5) is 10.1 Å². The zero-order valence-corrected chi connectivity index (χ0v) is 12.2. The fourth-order valence-electron chi connectivity index (χ4n) is 2.31. The average Bonchev–Trinajstić information content (AvgIpc) is 2.54. The first-order valence-electron chi connectivity index (χ1n) is 6.50. The van der Waals surface area contributed by atoms with Crippen LogP contribution < -0.4 is 5.73 Å². The fourth-order valence-corrected chi connectivity index (χ4v) is 3.83. The first kappa shape index (κ1) is 15.2. The van der Waals surface area contributed by atoms with E-state index in [1.54, 1.807) is 6.92 Å². The first-order valence-corrected chi connectivity index (χ1v) is 7.94. The number of rotatable bonds is 2. The Kier molecular flexibility index (Phi) is 4.04.